The van der Waals surface area contributed by atoms with Crippen LogP contribution in [0.2, 0.25) is 4.34 Å². The van der Waals surface area contributed by atoms with Crippen molar-refractivity contribution in [3.63, 3.8) is 0 Å². The largest absolute Gasteiger partial charge is 0.326 e. The lowest BCUT2D eigenvalue weighted by Crippen LogP contribution is -2.08. The highest BCUT2D eigenvalue weighted by Crippen LogP contribution is 2.57. The van der Waals surface area contributed by atoms with Crippen LogP contribution < -0.4 is 5.09 Å². The minimum atomic E-state index is -2.83. The Balaban J connectivity index is 2.22. The van der Waals surface area contributed by atoms with Gasteiger partial charge in [0.25, 0.3) is 0 Å². The molecule has 0 amide bonds. The van der Waals surface area contributed by atoms with E-state index in [1.165, 1.54) is 18.5 Å². The first-order valence-corrected chi connectivity index (χ1v) is 10.2. The van der Waals surface area contributed by atoms with E-state index in [4.69, 9.17) is 16.1 Å². The lowest BCUT2D eigenvalue weighted by molar-refractivity contribution is 0.400. The summed E-state index contributed by atoms with van der Waals surface area (Å²) in [5.74, 6) is 0.570. The zero-order valence-electron chi connectivity index (χ0n) is 10.7. The molecule has 0 fully saturated rings. The molecule has 0 aliphatic heterocycles. The Hall–Kier alpha value is -0.0300. The maximum atomic E-state index is 12.3. The van der Waals surface area contributed by atoms with Crippen molar-refractivity contribution < 1.29 is 9.09 Å². The maximum absolute atomic E-state index is 12.3. The van der Waals surface area contributed by atoms with E-state index in [1.54, 1.807) is 11.3 Å². The van der Waals surface area contributed by atoms with Gasteiger partial charge in [-0.25, -0.2) is 5.09 Å². The molecule has 0 aliphatic rings. The molecule has 0 saturated carbocycles. The molecule has 0 radical (unpaired) electrons. The molecular formula is C12H15ClNO2PS2. The van der Waals surface area contributed by atoms with Crippen LogP contribution in [-0.2, 0) is 14.8 Å². The third-order valence-electron chi connectivity index (χ3n) is 2.62. The van der Waals surface area contributed by atoms with Crippen molar-refractivity contribution in [3.8, 4) is 0 Å². The number of benzene rings is 1. The van der Waals surface area contributed by atoms with Crippen LogP contribution in [0.4, 0.5) is 0 Å². The minimum Gasteiger partial charge on any atom is -0.313 e. The van der Waals surface area contributed by atoms with E-state index < -0.39 is 6.72 Å². The van der Waals surface area contributed by atoms with Gasteiger partial charge in [-0.05, 0) is 28.4 Å². The highest BCUT2D eigenvalue weighted by molar-refractivity contribution is 8.55. The molecule has 104 valence electrons. The molecule has 0 bridgehead atoms. The summed E-state index contributed by atoms with van der Waals surface area (Å²) in [4.78, 5) is 0. The second-order valence-electron chi connectivity index (χ2n) is 3.82. The van der Waals surface area contributed by atoms with Gasteiger partial charge in [0.2, 0.25) is 0 Å². The first kappa shape index (κ1) is 15.4. The van der Waals surface area contributed by atoms with Gasteiger partial charge in [-0.15, -0.1) is 11.3 Å². The van der Waals surface area contributed by atoms with Gasteiger partial charge in [-0.3, -0.25) is 4.57 Å². The average molecular weight is 336 g/mol. The summed E-state index contributed by atoms with van der Waals surface area (Å²) in [6.45, 7) is -0.317. The van der Waals surface area contributed by atoms with Crippen molar-refractivity contribution in [3.05, 3.63) is 34.2 Å². The van der Waals surface area contributed by atoms with Gasteiger partial charge in [0.05, 0.1) is 4.34 Å². The zero-order valence-corrected chi connectivity index (χ0v) is 14.0. The van der Waals surface area contributed by atoms with Gasteiger partial charge >= 0.3 is 6.72 Å². The molecule has 1 aromatic heterocycles. The first-order valence-electron chi connectivity index (χ1n) is 5.81. The molecule has 1 unspecified atom stereocenters. The smallest absolute Gasteiger partial charge is 0.313 e. The Morgan fingerprint density at radius 1 is 1.47 bits per heavy atom. The molecule has 1 atom stereocenters. The van der Waals surface area contributed by atoms with Gasteiger partial charge in [-0.2, -0.15) is 0 Å². The highest BCUT2D eigenvalue weighted by Gasteiger charge is 2.22. The highest BCUT2D eigenvalue weighted by atomic mass is 35.5. The van der Waals surface area contributed by atoms with E-state index in [9.17, 15) is 4.57 Å². The third kappa shape index (κ3) is 3.54. The van der Waals surface area contributed by atoms with E-state index in [-0.39, 0.29) is 0 Å². The van der Waals surface area contributed by atoms with E-state index in [2.05, 4.69) is 5.09 Å². The van der Waals surface area contributed by atoms with Crippen LogP contribution in [0.3, 0.4) is 0 Å². The number of halogens is 1. The molecular weight excluding hydrogens is 321 g/mol. The molecule has 1 N–H and O–H groups in total. The number of hydrogen-bond donors (Lipinski definition) is 1. The molecule has 1 heterocycles. The first-order chi connectivity index (χ1) is 9.09. The second-order valence-corrected chi connectivity index (χ2v) is 9.91. The van der Waals surface area contributed by atoms with Crippen LogP contribution >= 0.6 is 41.0 Å². The zero-order chi connectivity index (χ0) is 13.9. The number of thiophene rings is 1. The van der Waals surface area contributed by atoms with Crippen molar-refractivity contribution in [1.29, 1.82) is 0 Å². The van der Waals surface area contributed by atoms with E-state index in [0.29, 0.717) is 12.3 Å². The fraction of sp³-hybridized carbons (Fsp3) is 0.333. The average Bonchev–Trinajstić information content (AvgIpc) is 2.72. The van der Waals surface area contributed by atoms with Gasteiger partial charge in [-0.1, -0.05) is 36.7 Å². The number of rotatable bonds is 6. The predicted molar refractivity (Wildman–Crippen MR) is 86.4 cm³/mol. The molecule has 3 nitrogen and oxygen atoms in total. The van der Waals surface area contributed by atoms with Gasteiger partial charge in [0.15, 0.2) is 0 Å². The summed E-state index contributed by atoms with van der Waals surface area (Å²) < 4.78 is 19.3. The predicted octanol–water partition coefficient (Wildman–Crippen LogP) is 5.15. The molecule has 1 aromatic carbocycles. The van der Waals surface area contributed by atoms with E-state index in [0.717, 1.165) is 20.0 Å². The maximum Gasteiger partial charge on any atom is 0.326 e. The Kier molecular flexibility index (Phi) is 5.35. The summed E-state index contributed by atoms with van der Waals surface area (Å²) in [5.41, 5.74) is 1.03. The van der Waals surface area contributed by atoms with Crippen molar-refractivity contribution in [2.45, 2.75) is 12.7 Å². The fourth-order valence-corrected chi connectivity index (χ4v) is 6.43. The van der Waals surface area contributed by atoms with Gasteiger partial charge in [0, 0.05) is 24.1 Å². The van der Waals surface area contributed by atoms with E-state index in [1.807, 2.05) is 31.2 Å². The van der Waals surface area contributed by atoms with Crippen molar-refractivity contribution in [2.24, 2.45) is 0 Å². The van der Waals surface area contributed by atoms with Crippen LogP contribution in [0.25, 0.3) is 10.1 Å². The molecule has 2 aromatic rings. The normalized spacial score (nSPS) is 14.7. The molecule has 0 saturated heterocycles. The topological polar surface area (TPSA) is 38.3 Å². The lowest BCUT2D eigenvalue weighted by Gasteiger charge is -2.15. The molecule has 2 rings (SSSR count). The standard InChI is InChI=1S/C12H15ClNO2PS2/c1-3-14-17(15,16-2)18-8-10-9-6-4-5-7-11(9)19-12(10)13/h4-7H,3,8H2,1-2H3,(H,14,15). The second kappa shape index (κ2) is 6.61. The van der Waals surface area contributed by atoms with Crippen molar-refractivity contribution in [2.75, 3.05) is 13.7 Å². The van der Waals surface area contributed by atoms with Crippen molar-refractivity contribution in [1.82, 2.24) is 5.09 Å². The summed E-state index contributed by atoms with van der Waals surface area (Å²) in [6, 6.07) is 8.06. The summed E-state index contributed by atoms with van der Waals surface area (Å²) in [5, 5.41) is 4.02. The van der Waals surface area contributed by atoms with Crippen LogP contribution in [0.5, 0.6) is 0 Å². The Bertz CT molecular complexity index is 617. The summed E-state index contributed by atoms with van der Waals surface area (Å²) >= 11 is 9.10. The van der Waals surface area contributed by atoms with Crippen LogP contribution in [-0.4, -0.2) is 13.7 Å². The lowest BCUT2D eigenvalue weighted by atomic mass is 10.2. The summed E-state index contributed by atoms with van der Waals surface area (Å²) in [7, 11) is 1.46. The Morgan fingerprint density at radius 3 is 2.89 bits per heavy atom. The Labute approximate surface area is 125 Å². The van der Waals surface area contributed by atoms with E-state index >= 15 is 0 Å². The van der Waals surface area contributed by atoms with Crippen molar-refractivity contribution >= 4 is 51.1 Å². The van der Waals surface area contributed by atoms with Gasteiger partial charge in [0.1, 0.15) is 0 Å². The summed E-state index contributed by atoms with van der Waals surface area (Å²) in [6.07, 6.45) is 0. The monoisotopic (exact) mass is 335 g/mol. The van der Waals surface area contributed by atoms with Crippen LogP contribution in [0, 0.1) is 0 Å². The number of nitrogens with one attached hydrogen (secondary N) is 1. The fourth-order valence-electron chi connectivity index (χ4n) is 1.71. The molecule has 0 aliphatic carbocycles. The third-order valence-corrected chi connectivity index (χ3v) is 8.26. The molecule has 7 heteroatoms. The van der Waals surface area contributed by atoms with Crippen LogP contribution in [0.1, 0.15) is 12.5 Å². The van der Waals surface area contributed by atoms with Gasteiger partial charge < -0.3 is 4.52 Å². The SMILES string of the molecule is CCNP(=O)(OC)SCc1c(Cl)sc2ccccc12. The van der Waals surface area contributed by atoms with Crippen LogP contribution in [0.15, 0.2) is 24.3 Å². The minimum absolute atomic E-state index is 0.570. The molecule has 0 spiro atoms. The number of hydrogen-bond acceptors (Lipinski definition) is 4. The Morgan fingerprint density at radius 2 is 2.21 bits per heavy atom. The molecule has 19 heavy (non-hydrogen) atoms. The quantitative estimate of drug-likeness (QED) is 0.741. The number of fused-ring (bicyclic) bond motifs is 1.